The molecule has 1 aromatic heterocycles. The molecule has 5 heteroatoms. The Morgan fingerprint density at radius 2 is 1.26 bits per heavy atom. The maximum absolute atomic E-state index is 7.24. The lowest BCUT2D eigenvalue weighted by Gasteiger charge is -2.41. The van der Waals surface area contributed by atoms with Crippen molar-refractivity contribution in [3.8, 4) is 11.5 Å². The van der Waals surface area contributed by atoms with E-state index in [0.29, 0.717) is 0 Å². The van der Waals surface area contributed by atoms with E-state index < -0.39 is 0 Å². The molecule has 0 N–H and O–H groups in total. The number of benzene rings is 7. The van der Waals surface area contributed by atoms with Gasteiger partial charge in [-0.25, -0.2) is 0 Å². The topological polar surface area (TPSA) is 15.7 Å². The lowest BCUT2D eigenvalue weighted by atomic mass is 9.34. The van der Waals surface area contributed by atoms with E-state index in [1.807, 2.05) is 11.3 Å². The van der Waals surface area contributed by atoms with Gasteiger partial charge in [0.15, 0.2) is 0 Å². The van der Waals surface area contributed by atoms with Crippen molar-refractivity contribution in [3.63, 3.8) is 0 Å². The van der Waals surface area contributed by atoms with Gasteiger partial charge in [0, 0.05) is 54.7 Å². The van der Waals surface area contributed by atoms with Crippen molar-refractivity contribution in [1.29, 1.82) is 0 Å². The standard InChI is InChI=1S/C49H39BN2OS/c1-29-8-16-34(17-9-29)51(35-18-10-30(2)11-19-35)37-25-44-48-46(26-37)53-45-27-40-39-22-15-33-6-5-7-38(33)49(39)54-47(40)28-42(45)50(48)41-24-32(4)14-23-43(41)52(44)36-20-12-31(3)13-21-36/h8-28H,5-7H2,1-4H3. The van der Waals surface area contributed by atoms with Crippen LogP contribution in [-0.2, 0) is 12.8 Å². The second-order valence-electron chi connectivity index (χ2n) is 15.6. The molecule has 3 nitrogen and oxygen atoms in total. The van der Waals surface area contributed by atoms with Crippen molar-refractivity contribution >= 4 is 88.7 Å². The second kappa shape index (κ2) is 11.9. The summed E-state index contributed by atoms with van der Waals surface area (Å²) in [4.78, 5) is 4.84. The van der Waals surface area contributed by atoms with E-state index in [4.69, 9.17) is 4.74 Å². The largest absolute Gasteiger partial charge is 0.458 e. The molecule has 2 aliphatic heterocycles. The van der Waals surface area contributed by atoms with Gasteiger partial charge in [0.25, 0.3) is 6.71 Å². The van der Waals surface area contributed by atoms with Crippen LogP contribution in [0.25, 0.3) is 20.2 Å². The average molecular weight is 715 g/mol. The summed E-state index contributed by atoms with van der Waals surface area (Å²) in [6.45, 7) is 8.69. The third-order valence-electron chi connectivity index (χ3n) is 11.9. The summed E-state index contributed by atoms with van der Waals surface area (Å²) >= 11 is 1.97. The van der Waals surface area contributed by atoms with Gasteiger partial charge in [-0.1, -0.05) is 82.9 Å². The van der Waals surface area contributed by atoms with Crippen molar-refractivity contribution in [3.05, 3.63) is 161 Å². The summed E-state index contributed by atoms with van der Waals surface area (Å²) in [5.41, 5.74) is 18.6. The smallest absolute Gasteiger partial charge is 0.256 e. The maximum Gasteiger partial charge on any atom is 0.256 e. The van der Waals surface area contributed by atoms with Gasteiger partial charge in [0.2, 0.25) is 0 Å². The Bertz CT molecular complexity index is 2770. The van der Waals surface area contributed by atoms with Gasteiger partial charge in [0.05, 0.1) is 5.69 Å². The highest BCUT2D eigenvalue weighted by Gasteiger charge is 2.43. The summed E-state index contributed by atoms with van der Waals surface area (Å²) in [6, 6.07) is 47.9. The first-order chi connectivity index (χ1) is 26.4. The number of nitrogens with zero attached hydrogens (tertiary/aromatic N) is 2. The molecule has 1 aliphatic carbocycles. The molecule has 0 saturated carbocycles. The fourth-order valence-corrected chi connectivity index (χ4v) is 10.5. The van der Waals surface area contributed by atoms with Gasteiger partial charge in [-0.05, 0) is 135 Å². The molecule has 0 amide bonds. The predicted octanol–water partition coefficient (Wildman–Crippen LogP) is 11.7. The van der Waals surface area contributed by atoms with Crippen LogP contribution in [0.5, 0.6) is 11.5 Å². The maximum atomic E-state index is 7.24. The summed E-state index contributed by atoms with van der Waals surface area (Å²) in [5, 5.41) is 2.66. The zero-order valence-corrected chi connectivity index (χ0v) is 31.9. The minimum atomic E-state index is 0.0249. The van der Waals surface area contributed by atoms with Crippen molar-refractivity contribution < 1.29 is 4.74 Å². The van der Waals surface area contributed by atoms with Gasteiger partial charge < -0.3 is 14.5 Å². The highest BCUT2D eigenvalue weighted by atomic mass is 32.1. The molecule has 3 aliphatic rings. The normalized spacial score (nSPS) is 13.8. The molecule has 11 rings (SSSR count). The minimum Gasteiger partial charge on any atom is -0.458 e. The zero-order chi connectivity index (χ0) is 36.2. The summed E-state index contributed by atoms with van der Waals surface area (Å²) in [6.07, 6.45) is 3.62. The van der Waals surface area contributed by atoms with Crippen LogP contribution < -0.4 is 30.9 Å². The molecule has 0 atom stereocenters. The molecule has 0 bridgehead atoms. The molecule has 7 aromatic carbocycles. The Morgan fingerprint density at radius 3 is 1.98 bits per heavy atom. The van der Waals surface area contributed by atoms with E-state index in [9.17, 15) is 0 Å². The van der Waals surface area contributed by atoms with Crippen LogP contribution in [0.4, 0.5) is 34.1 Å². The molecule has 0 saturated heterocycles. The van der Waals surface area contributed by atoms with Crippen LogP contribution in [0.15, 0.2) is 127 Å². The van der Waals surface area contributed by atoms with E-state index in [1.165, 1.54) is 89.3 Å². The summed E-state index contributed by atoms with van der Waals surface area (Å²) < 4.78 is 10.0. The quantitative estimate of drug-likeness (QED) is 0.169. The highest BCUT2D eigenvalue weighted by molar-refractivity contribution is 7.26. The zero-order valence-electron chi connectivity index (χ0n) is 31.0. The van der Waals surface area contributed by atoms with Crippen LogP contribution in [0.2, 0.25) is 0 Å². The fraction of sp³-hybridized carbons (Fsp3) is 0.143. The van der Waals surface area contributed by atoms with Crippen LogP contribution >= 0.6 is 11.3 Å². The van der Waals surface area contributed by atoms with E-state index in [2.05, 4.69) is 165 Å². The molecule has 0 radical (unpaired) electrons. The highest BCUT2D eigenvalue weighted by Crippen LogP contribution is 2.47. The molecule has 0 spiro atoms. The molecular weight excluding hydrogens is 675 g/mol. The predicted molar refractivity (Wildman–Crippen MR) is 231 cm³/mol. The van der Waals surface area contributed by atoms with Gasteiger partial charge in [-0.15, -0.1) is 11.3 Å². The van der Waals surface area contributed by atoms with E-state index in [1.54, 1.807) is 5.56 Å². The van der Waals surface area contributed by atoms with Crippen molar-refractivity contribution in [2.75, 3.05) is 9.80 Å². The van der Waals surface area contributed by atoms with Crippen LogP contribution in [-0.4, -0.2) is 6.71 Å². The number of thiophene rings is 1. The van der Waals surface area contributed by atoms with Crippen LogP contribution in [0.1, 0.15) is 39.8 Å². The first-order valence-electron chi connectivity index (χ1n) is 19.2. The summed E-state index contributed by atoms with van der Waals surface area (Å²) in [5.74, 6) is 1.87. The fourth-order valence-electron chi connectivity index (χ4n) is 9.18. The first kappa shape index (κ1) is 31.7. The Hall–Kier alpha value is -5.78. The molecule has 54 heavy (non-hydrogen) atoms. The van der Waals surface area contributed by atoms with Gasteiger partial charge in [-0.2, -0.15) is 0 Å². The molecular formula is C49H39BN2OS. The number of rotatable bonds is 4. The Kier molecular flexibility index (Phi) is 6.97. The van der Waals surface area contributed by atoms with Crippen molar-refractivity contribution in [2.45, 2.75) is 47.0 Å². The Morgan fingerprint density at radius 1 is 0.574 bits per heavy atom. The van der Waals surface area contributed by atoms with Crippen LogP contribution in [0, 0.1) is 27.7 Å². The number of fused-ring (bicyclic) bond motifs is 9. The number of hydrogen-bond donors (Lipinski definition) is 0. The Balaban J connectivity index is 1.20. The monoisotopic (exact) mass is 714 g/mol. The van der Waals surface area contributed by atoms with Gasteiger partial charge in [0.1, 0.15) is 11.5 Å². The van der Waals surface area contributed by atoms with Crippen molar-refractivity contribution in [2.24, 2.45) is 0 Å². The lowest BCUT2D eigenvalue weighted by molar-refractivity contribution is 0.488. The molecule has 3 heterocycles. The molecule has 0 fully saturated rings. The van der Waals surface area contributed by atoms with E-state index in [0.717, 1.165) is 39.9 Å². The van der Waals surface area contributed by atoms with Gasteiger partial charge in [-0.3, -0.25) is 0 Å². The Labute approximate surface area is 321 Å². The average Bonchev–Trinajstić information content (AvgIpc) is 3.81. The third-order valence-corrected chi connectivity index (χ3v) is 13.1. The minimum absolute atomic E-state index is 0.0249. The number of ether oxygens (including phenoxy) is 1. The molecule has 0 unspecified atom stereocenters. The lowest BCUT2D eigenvalue weighted by Crippen LogP contribution is -2.59. The molecule has 8 aromatic rings. The summed E-state index contributed by atoms with van der Waals surface area (Å²) in [7, 11) is 0. The van der Waals surface area contributed by atoms with E-state index in [-0.39, 0.29) is 6.71 Å². The number of anilines is 6. The second-order valence-corrected chi connectivity index (χ2v) is 16.6. The van der Waals surface area contributed by atoms with Crippen molar-refractivity contribution in [1.82, 2.24) is 0 Å². The third kappa shape index (κ3) is 4.81. The van der Waals surface area contributed by atoms with Gasteiger partial charge >= 0.3 is 0 Å². The van der Waals surface area contributed by atoms with E-state index >= 15 is 0 Å². The number of aryl methyl sites for hydroxylation is 6. The first-order valence-corrected chi connectivity index (χ1v) is 20.0. The number of hydrogen-bond acceptors (Lipinski definition) is 4. The SMILES string of the molecule is Cc1ccc(N(c2ccc(C)cc2)c2cc3c4c(c2)N(c2ccc(C)cc2)c2ccc(C)cc2B4c2cc4sc5c6c(ccc5c4cc2O3)CCC6)cc1. The van der Waals surface area contributed by atoms with Crippen LogP contribution in [0.3, 0.4) is 0 Å². The molecule has 260 valence electrons.